The highest BCUT2D eigenvalue weighted by atomic mass is 16.1. The van der Waals surface area contributed by atoms with E-state index in [1.807, 2.05) is 6.92 Å². The predicted octanol–water partition coefficient (Wildman–Crippen LogP) is 1.76. The lowest BCUT2D eigenvalue weighted by molar-refractivity contribution is 0.0923. The van der Waals surface area contributed by atoms with E-state index in [4.69, 9.17) is 5.73 Å². The molecule has 1 rings (SSSR count). The fraction of sp³-hybridized carbons (Fsp3) is 0.545. The Morgan fingerprint density at radius 2 is 2.27 bits per heavy atom. The molecule has 1 heterocycles. The van der Waals surface area contributed by atoms with Crippen molar-refractivity contribution in [3.8, 4) is 0 Å². The van der Waals surface area contributed by atoms with Crippen molar-refractivity contribution < 1.29 is 4.79 Å². The molecule has 1 aromatic rings. The SMILES string of the molecule is CCC(C)C(C)NC(=O)c1cc(N)c[nH]1. The molecule has 2 unspecified atom stereocenters. The molecule has 1 aromatic heterocycles. The molecule has 0 aliphatic carbocycles. The molecule has 4 heteroatoms. The molecular weight excluding hydrogens is 190 g/mol. The second-order valence-electron chi connectivity index (χ2n) is 3.99. The zero-order valence-corrected chi connectivity index (χ0v) is 9.50. The van der Waals surface area contributed by atoms with Crippen molar-refractivity contribution in [3.63, 3.8) is 0 Å². The number of nitrogen functional groups attached to an aromatic ring is 1. The van der Waals surface area contributed by atoms with Crippen LogP contribution in [0.25, 0.3) is 0 Å². The third-order valence-corrected chi connectivity index (χ3v) is 2.81. The van der Waals surface area contributed by atoms with Crippen molar-refractivity contribution in [3.05, 3.63) is 18.0 Å². The minimum Gasteiger partial charge on any atom is -0.397 e. The average Bonchev–Trinajstić information content (AvgIpc) is 2.63. The van der Waals surface area contributed by atoms with Gasteiger partial charge in [0.05, 0.1) is 0 Å². The zero-order chi connectivity index (χ0) is 11.4. The van der Waals surface area contributed by atoms with Gasteiger partial charge in [0.1, 0.15) is 5.69 Å². The Kier molecular flexibility index (Phi) is 3.77. The van der Waals surface area contributed by atoms with Gasteiger partial charge in [-0.15, -0.1) is 0 Å². The van der Waals surface area contributed by atoms with Crippen molar-refractivity contribution in [2.75, 3.05) is 5.73 Å². The zero-order valence-electron chi connectivity index (χ0n) is 9.50. The summed E-state index contributed by atoms with van der Waals surface area (Å²) in [6.07, 6.45) is 2.66. The summed E-state index contributed by atoms with van der Waals surface area (Å²) >= 11 is 0. The van der Waals surface area contributed by atoms with Crippen LogP contribution in [0.4, 0.5) is 5.69 Å². The van der Waals surface area contributed by atoms with Gasteiger partial charge in [0.2, 0.25) is 0 Å². The molecule has 0 spiro atoms. The Balaban J connectivity index is 2.56. The van der Waals surface area contributed by atoms with Crippen molar-refractivity contribution in [2.45, 2.75) is 33.2 Å². The van der Waals surface area contributed by atoms with Gasteiger partial charge >= 0.3 is 0 Å². The first-order valence-corrected chi connectivity index (χ1v) is 5.29. The number of nitrogens with one attached hydrogen (secondary N) is 2. The number of anilines is 1. The maximum atomic E-state index is 11.7. The lowest BCUT2D eigenvalue weighted by Gasteiger charge is -2.19. The summed E-state index contributed by atoms with van der Waals surface area (Å²) in [5.41, 5.74) is 6.62. The summed E-state index contributed by atoms with van der Waals surface area (Å²) in [4.78, 5) is 14.5. The molecule has 84 valence electrons. The number of aromatic amines is 1. The molecule has 0 saturated carbocycles. The van der Waals surface area contributed by atoms with Gasteiger partial charge < -0.3 is 16.0 Å². The normalized spacial score (nSPS) is 14.6. The van der Waals surface area contributed by atoms with Crippen LogP contribution in [0.2, 0.25) is 0 Å². The maximum Gasteiger partial charge on any atom is 0.267 e. The van der Waals surface area contributed by atoms with Crippen LogP contribution in [0.15, 0.2) is 12.3 Å². The maximum absolute atomic E-state index is 11.7. The topological polar surface area (TPSA) is 70.9 Å². The van der Waals surface area contributed by atoms with Gasteiger partial charge in [0, 0.05) is 17.9 Å². The standard InChI is InChI=1S/C11H19N3O/c1-4-7(2)8(3)14-11(15)10-5-9(12)6-13-10/h5-8,13H,4,12H2,1-3H3,(H,14,15). The molecule has 2 atom stereocenters. The first-order chi connectivity index (χ1) is 7.04. The van der Waals surface area contributed by atoms with Crippen LogP contribution in [0.5, 0.6) is 0 Å². The van der Waals surface area contributed by atoms with E-state index in [1.54, 1.807) is 12.3 Å². The molecular formula is C11H19N3O. The number of rotatable bonds is 4. The summed E-state index contributed by atoms with van der Waals surface area (Å²) in [5, 5.41) is 2.93. The highest BCUT2D eigenvalue weighted by Crippen LogP contribution is 2.09. The van der Waals surface area contributed by atoms with Crippen LogP contribution in [0.1, 0.15) is 37.7 Å². The largest absolute Gasteiger partial charge is 0.397 e. The molecule has 15 heavy (non-hydrogen) atoms. The number of amides is 1. The molecule has 0 aromatic carbocycles. The Labute approximate surface area is 90.2 Å². The fourth-order valence-corrected chi connectivity index (χ4v) is 1.32. The van der Waals surface area contributed by atoms with Crippen molar-refractivity contribution >= 4 is 11.6 Å². The first-order valence-electron chi connectivity index (χ1n) is 5.29. The Bertz CT molecular complexity index is 332. The average molecular weight is 209 g/mol. The molecule has 0 aliphatic heterocycles. The van der Waals surface area contributed by atoms with Gasteiger partial charge in [0.15, 0.2) is 0 Å². The summed E-state index contributed by atoms with van der Waals surface area (Å²) in [6, 6.07) is 1.81. The van der Waals surface area contributed by atoms with E-state index in [2.05, 4.69) is 24.1 Å². The van der Waals surface area contributed by atoms with E-state index in [-0.39, 0.29) is 11.9 Å². The molecule has 0 saturated heterocycles. The van der Waals surface area contributed by atoms with E-state index in [1.165, 1.54) is 0 Å². The molecule has 4 nitrogen and oxygen atoms in total. The lowest BCUT2D eigenvalue weighted by atomic mass is 10.0. The van der Waals surface area contributed by atoms with E-state index in [0.29, 0.717) is 17.3 Å². The molecule has 0 fully saturated rings. The van der Waals surface area contributed by atoms with Crippen LogP contribution in [0.3, 0.4) is 0 Å². The minimum atomic E-state index is -0.0977. The first kappa shape index (κ1) is 11.6. The van der Waals surface area contributed by atoms with Crippen LogP contribution in [-0.4, -0.2) is 16.9 Å². The van der Waals surface area contributed by atoms with Crippen molar-refractivity contribution in [1.29, 1.82) is 0 Å². The number of hydrogen-bond acceptors (Lipinski definition) is 2. The quantitative estimate of drug-likeness (QED) is 0.707. The smallest absolute Gasteiger partial charge is 0.267 e. The molecule has 0 bridgehead atoms. The van der Waals surface area contributed by atoms with E-state index < -0.39 is 0 Å². The minimum absolute atomic E-state index is 0.0977. The van der Waals surface area contributed by atoms with Crippen molar-refractivity contribution in [1.82, 2.24) is 10.3 Å². The number of carbonyl (C=O) groups is 1. The summed E-state index contributed by atoms with van der Waals surface area (Å²) in [5.74, 6) is 0.376. The van der Waals surface area contributed by atoms with Gasteiger partial charge in [-0.05, 0) is 18.9 Å². The fourth-order valence-electron chi connectivity index (χ4n) is 1.32. The van der Waals surface area contributed by atoms with Gasteiger partial charge in [-0.1, -0.05) is 20.3 Å². The van der Waals surface area contributed by atoms with Gasteiger partial charge in [-0.25, -0.2) is 0 Å². The van der Waals surface area contributed by atoms with E-state index in [9.17, 15) is 4.79 Å². The molecule has 1 amide bonds. The number of aromatic nitrogens is 1. The highest BCUT2D eigenvalue weighted by molar-refractivity contribution is 5.93. The second kappa shape index (κ2) is 4.87. The van der Waals surface area contributed by atoms with Gasteiger partial charge in [0.25, 0.3) is 5.91 Å². The predicted molar refractivity (Wildman–Crippen MR) is 61.6 cm³/mol. The third kappa shape index (κ3) is 3.01. The number of hydrogen-bond donors (Lipinski definition) is 3. The van der Waals surface area contributed by atoms with Crippen molar-refractivity contribution in [2.24, 2.45) is 5.92 Å². The van der Waals surface area contributed by atoms with Crippen LogP contribution in [0, 0.1) is 5.92 Å². The Morgan fingerprint density at radius 1 is 1.60 bits per heavy atom. The summed E-state index contributed by atoms with van der Waals surface area (Å²) in [6.45, 7) is 6.24. The van der Waals surface area contributed by atoms with E-state index >= 15 is 0 Å². The number of carbonyl (C=O) groups excluding carboxylic acids is 1. The number of nitrogens with two attached hydrogens (primary N) is 1. The molecule has 0 radical (unpaired) electrons. The third-order valence-electron chi connectivity index (χ3n) is 2.81. The Morgan fingerprint density at radius 3 is 2.73 bits per heavy atom. The van der Waals surface area contributed by atoms with Gasteiger partial charge in [-0.2, -0.15) is 0 Å². The van der Waals surface area contributed by atoms with Crippen LogP contribution < -0.4 is 11.1 Å². The summed E-state index contributed by atoms with van der Waals surface area (Å²) < 4.78 is 0. The highest BCUT2D eigenvalue weighted by Gasteiger charge is 2.15. The number of H-pyrrole nitrogens is 1. The monoisotopic (exact) mass is 209 g/mol. The summed E-state index contributed by atoms with van der Waals surface area (Å²) in [7, 11) is 0. The van der Waals surface area contributed by atoms with Crippen LogP contribution >= 0.6 is 0 Å². The second-order valence-corrected chi connectivity index (χ2v) is 3.99. The lowest BCUT2D eigenvalue weighted by Crippen LogP contribution is -2.37. The molecule has 4 N–H and O–H groups in total. The molecule has 0 aliphatic rings. The van der Waals surface area contributed by atoms with E-state index in [0.717, 1.165) is 6.42 Å². The van der Waals surface area contributed by atoms with Gasteiger partial charge in [-0.3, -0.25) is 4.79 Å². The van der Waals surface area contributed by atoms with Crippen LogP contribution in [-0.2, 0) is 0 Å². The Hall–Kier alpha value is -1.45.